The van der Waals surface area contributed by atoms with E-state index < -0.39 is 23.3 Å². The highest BCUT2D eigenvalue weighted by atomic mass is 16.6. The zero-order chi connectivity index (χ0) is 20.1. The number of hydrogen-bond acceptors (Lipinski definition) is 6. The third-order valence-corrected chi connectivity index (χ3v) is 3.65. The van der Waals surface area contributed by atoms with E-state index in [-0.39, 0.29) is 26.1 Å². The number of ether oxygens (including phenoxy) is 3. The number of hydrogen-bond donors (Lipinski definition) is 0. The van der Waals surface area contributed by atoms with Gasteiger partial charge in [0.05, 0.1) is 20.3 Å². The molecule has 0 saturated heterocycles. The molecule has 144 valence electrons. The standard InChI is InChI=1S/C21H24O6/c1-4-26-19(23)21(20(24)27-5-2,16-10-14-18(22)25-3)15-9-13-17-11-7-6-8-12-17/h6-8,10-12,14H,4-5,15-16H2,1-3H3/b14-10-. The number of rotatable bonds is 8. The van der Waals surface area contributed by atoms with Crippen LogP contribution in [0.5, 0.6) is 0 Å². The topological polar surface area (TPSA) is 78.9 Å². The molecule has 0 amide bonds. The van der Waals surface area contributed by atoms with Crippen LogP contribution in [0.15, 0.2) is 42.5 Å². The third kappa shape index (κ3) is 6.63. The van der Waals surface area contributed by atoms with Crippen LogP contribution in [-0.2, 0) is 28.6 Å². The Labute approximate surface area is 159 Å². The van der Waals surface area contributed by atoms with E-state index in [1.807, 2.05) is 30.3 Å². The van der Waals surface area contributed by atoms with Gasteiger partial charge >= 0.3 is 17.9 Å². The fraction of sp³-hybridized carbons (Fsp3) is 0.381. The van der Waals surface area contributed by atoms with E-state index >= 15 is 0 Å². The lowest BCUT2D eigenvalue weighted by Crippen LogP contribution is -2.41. The van der Waals surface area contributed by atoms with Crippen LogP contribution in [0.25, 0.3) is 0 Å². The van der Waals surface area contributed by atoms with E-state index in [0.717, 1.165) is 11.6 Å². The van der Waals surface area contributed by atoms with E-state index in [2.05, 4.69) is 16.6 Å². The van der Waals surface area contributed by atoms with Gasteiger partial charge in [0.1, 0.15) is 0 Å². The van der Waals surface area contributed by atoms with Gasteiger partial charge in [0.25, 0.3) is 0 Å². The first kappa shape index (κ1) is 22.0. The number of allylic oxidation sites excluding steroid dienone is 1. The van der Waals surface area contributed by atoms with E-state index in [0.29, 0.717) is 0 Å². The van der Waals surface area contributed by atoms with Crippen molar-refractivity contribution in [2.75, 3.05) is 20.3 Å². The predicted octanol–water partition coefficient (Wildman–Crippen LogP) is 2.66. The minimum Gasteiger partial charge on any atom is -0.466 e. The van der Waals surface area contributed by atoms with E-state index in [9.17, 15) is 14.4 Å². The van der Waals surface area contributed by atoms with Gasteiger partial charge in [0, 0.05) is 18.1 Å². The minimum atomic E-state index is -1.65. The zero-order valence-corrected chi connectivity index (χ0v) is 15.8. The summed E-state index contributed by atoms with van der Waals surface area (Å²) in [6, 6.07) is 9.19. The van der Waals surface area contributed by atoms with Gasteiger partial charge in [0.2, 0.25) is 0 Å². The molecule has 0 spiro atoms. The zero-order valence-electron chi connectivity index (χ0n) is 15.8. The Hall–Kier alpha value is -3.07. The molecular weight excluding hydrogens is 348 g/mol. The summed E-state index contributed by atoms with van der Waals surface area (Å²) in [5, 5.41) is 0. The summed E-state index contributed by atoms with van der Waals surface area (Å²) in [5.41, 5.74) is -0.901. The molecule has 1 aromatic carbocycles. The van der Waals surface area contributed by atoms with Crippen LogP contribution >= 0.6 is 0 Å². The van der Waals surface area contributed by atoms with Gasteiger partial charge in [-0.3, -0.25) is 9.59 Å². The van der Waals surface area contributed by atoms with Crippen molar-refractivity contribution in [3.8, 4) is 11.8 Å². The molecule has 0 aromatic heterocycles. The van der Waals surface area contributed by atoms with Gasteiger partial charge in [-0.1, -0.05) is 36.1 Å². The summed E-state index contributed by atoms with van der Waals surface area (Å²) < 4.78 is 14.7. The molecule has 0 aliphatic heterocycles. The summed E-state index contributed by atoms with van der Waals surface area (Å²) in [7, 11) is 1.24. The molecule has 0 unspecified atom stereocenters. The highest BCUT2D eigenvalue weighted by Crippen LogP contribution is 2.31. The van der Waals surface area contributed by atoms with Crippen LogP contribution in [0.1, 0.15) is 32.3 Å². The first-order chi connectivity index (χ1) is 13.0. The molecular formula is C21H24O6. The van der Waals surface area contributed by atoms with Crippen molar-refractivity contribution in [2.45, 2.75) is 26.7 Å². The highest BCUT2D eigenvalue weighted by Gasteiger charge is 2.47. The molecule has 0 bridgehead atoms. The Morgan fingerprint density at radius 1 is 1.04 bits per heavy atom. The molecule has 6 heteroatoms. The van der Waals surface area contributed by atoms with Crippen molar-refractivity contribution in [1.82, 2.24) is 0 Å². The lowest BCUT2D eigenvalue weighted by Gasteiger charge is -2.26. The average Bonchev–Trinajstić information content (AvgIpc) is 2.67. The number of benzene rings is 1. The summed E-state index contributed by atoms with van der Waals surface area (Å²) in [5.74, 6) is 3.73. The normalized spacial score (nSPS) is 10.6. The van der Waals surface area contributed by atoms with Crippen LogP contribution in [0.4, 0.5) is 0 Å². The third-order valence-electron chi connectivity index (χ3n) is 3.65. The Morgan fingerprint density at radius 2 is 1.63 bits per heavy atom. The van der Waals surface area contributed by atoms with E-state index in [1.54, 1.807) is 13.8 Å². The van der Waals surface area contributed by atoms with Crippen molar-refractivity contribution in [2.24, 2.45) is 5.41 Å². The van der Waals surface area contributed by atoms with Crippen LogP contribution in [0, 0.1) is 17.3 Å². The molecule has 0 radical (unpaired) electrons. The van der Waals surface area contributed by atoms with Gasteiger partial charge in [-0.15, -0.1) is 0 Å². The molecule has 0 saturated carbocycles. The molecule has 0 heterocycles. The molecule has 0 aliphatic rings. The van der Waals surface area contributed by atoms with Crippen LogP contribution in [0.2, 0.25) is 0 Å². The second-order valence-corrected chi connectivity index (χ2v) is 5.50. The van der Waals surface area contributed by atoms with Crippen molar-refractivity contribution >= 4 is 17.9 Å². The highest BCUT2D eigenvalue weighted by molar-refractivity contribution is 6.00. The Kier molecular flexibility index (Phi) is 9.38. The Morgan fingerprint density at radius 3 is 2.15 bits per heavy atom. The van der Waals surface area contributed by atoms with Crippen molar-refractivity contribution in [1.29, 1.82) is 0 Å². The molecule has 0 atom stereocenters. The maximum Gasteiger partial charge on any atom is 0.330 e. The molecule has 27 heavy (non-hydrogen) atoms. The van der Waals surface area contributed by atoms with Crippen LogP contribution < -0.4 is 0 Å². The summed E-state index contributed by atoms with van der Waals surface area (Å²) in [6.07, 6.45) is 2.34. The fourth-order valence-electron chi connectivity index (χ4n) is 2.25. The van der Waals surface area contributed by atoms with Crippen molar-refractivity contribution in [3.63, 3.8) is 0 Å². The number of esters is 3. The molecule has 0 fully saturated rings. The molecule has 1 aromatic rings. The Balaban J connectivity index is 3.21. The lowest BCUT2D eigenvalue weighted by atomic mass is 9.81. The van der Waals surface area contributed by atoms with Crippen molar-refractivity contribution < 1.29 is 28.6 Å². The maximum absolute atomic E-state index is 12.6. The first-order valence-corrected chi connectivity index (χ1v) is 8.63. The number of carbonyl (C=O) groups is 3. The monoisotopic (exact) mass is 372 g/mol. The number of methoxy groups -OCH3 is 1. The van der Waals surface area contributed by atoms with Gasteiger partial charge in [-0.2, -0.15) is 0 Å². The molecule has 6 nitrogen and oxygen atoms in total. The van der Waals surface area contributed by atoms with Gasteiger partial charge in [0.15, 0.2) is 5.41 Å². The minimum absolute atomic E-state index is 0.0940. The second-order valence-electron chi connectivity index (χ2n) is 5.50. The molecule has 0 aliphatic carbocycles. The predicted molar refractivity (Wildman–Crippen MR) is 99.4 cm³/mol. The fourth-order valence-corrected chi connectivity index (χ4v) is 2.25. The van der Waals surface area contributed by atoms with Crippen LogP contribution in [-0.4, -0.2) is 38.2 Å². The van der Waals surface area contributed by atoms with Gasteiger partial charge < -0.3 is 14.2 Å². The number of carbonyl (C=O) groups excluding carboxylic acids is 3. The summed E-state index contributed by atoms with van der Waals surface area (Å²) in [6.45, 7) is 3.50. The average molecular weight is 372 g/mol. The maximum atomic E-state index is 12.6. The molecule has 0 N–H and O–H groups in total. The van der Waals surface area contributed by atoms with E-state index in [4.69, 9.17) is 9.47 Å². The second kappa shape index (κ2) is 11.5. The molecule has 1 rings (SSSR count). The van der Waals surface area contributed by atoms with E-state index in [1.165, 1.54) is 13.2 Å². The SMILES string of the molecule is CCOC(=O)C(CC#Cc1ccccc1)(C/C=C\C(=O)OC)C(=O)OCC. The summed E-state index contributed by atoms with van der Waals surface area (Å²) in [4.78, 5) is 36.6. The Bertz CT molecular complexity index is 706. The smallest absolute Gasteiger partial charge is 0.330 e. The van der Waals surface area contributed by atoms with Crippen molar-refractivity contribution in [3.05, 3.63) is 48.0 Å². The first-order valence-electron chi connectivity index (χ1n) is 8.63. The lowest BCUT2D eigenvalue weighted by molar-refractivity contribution is -0.171. The van der Waals surface area contributed by atoms with Crippen LogP contribution in [0.3, 0.4) is 0 Å². The van der Waals surface area contributed by atoms with Gasteiger partial charge in [-0.05, 0) is 32.4 Å². The van der Waals surface area contributed by atoms with Gasteiger partial charge in [-0.25, -0.2) is 4.79 Å². The largest absolute Gasteiger partial charge is 0.466 e. The quantitative estimate of drug-likeness (QED) is 0.229. The summed E-state index contributed by atoms with van der Waals surface area (Å²) >= 11 is 0.